The standard InChI is InChI=1S/C9H7ClF2O/c10-4-3-9(13)7-2-1-6(11)5-8(7)12/h1-2,5H,3-4H2. The number of ketones is 1. The van der Waals surface area contributed by atoms with E-state index in [9.17, 15) is 13.6 Å². The van der Waals surface area contributed by atoms with Gasteiger partial charge in [-0.1, -0.05) is 0 Å². The van der Waals surface area contributed by atoms with Crippen LogP contribution in [0.5, 0.6) is 0 Å². The lowest BCUT2D eigenvalue weighted by Gasteiger charge is -1.99. The second kappa shape index (κ2) is 4.33. The Balaban J connectivity index is 2.95. The van der Waals surface area contributed by atoms with Gasteiger partial charge in [-0.05, 0) is 12.1 Å². The quantitative estimate of drug-likeness (QED) is 0.547. The zero-order chi connectivity index (χ0) is 9.84. The van der Waals surface area contributed by atoms with E-state index < -0.39 is 17.4 Å². The predicted molar refractivity (Wildman–Crippen MR) is 46.0 cm³/mol. The maximum Gasteiger partial charge on any atom is 0.167 e. The molecular formula is C9H7ClF2O. The minimum Gasteiger partial charge on any atom is -0.294 e. The van der Waals surface area contributed by atoms with E-state index in [4.69, 9.17) is 11.6 Å². The Labute approximate surface area is 79.3 Å². The van der Waals surface area contributed by atoms with Crippen LogP contribution in [0.1, 0.15) is 16.8 Å². The summed E-state index contributed by atoms with van der Waals surface area (Å²) in [6.07, 6.45) is 0.0596. The van der Waals surface area contributed by atoms with Crippen LogP contribution in [-0.4, -0.2) is 11.7 Å². The Morgan fingerprint density at radius 2 is 2.08 bits per heavy atom. The highest BCUT2D eigenvalue weighted by Crippen LogP contribution is 2.11. The van der Waals surface area contributed by atoms with Gasteiger partial charge in [-0.15, -0.1) is 11.6 Å². The maximum absolute atomic E-state index is 12.9. The molecule has 0 aliphatic heterocycles. The molecule has 0 saturated carbocycles. The number of hydrogen-bond acceptors (Lipinski definition) is 1. The molecule has 0 unspecified atom stereocenters. The van der Waals surface area contributed by atoms with Gasteiger partial charge in [0.15, 0.2) is 5.78 Å². The number of Topliss-reactive ketones (excluding diaryl/α,β-unsaturated/α-hetero) is 1. The van der Waals surface area contributed by atoms with Crippen molar-refractivity contribution in [2.45, 2.75) is 6.42 Å². The summed E-state index contributed by atoms with van der Waals surface area (Å²) < 4.78 is 25.3. The molecule has 0 bridgehead atoms. The van der Waals surface area contributed by atoms with Gasteiger partial charge in [0.1, 0.15) is 11.6 Å². The molecule has 4 heteroatoms. The fourth-order valence-electron chi connectivity index (χ4n) is 0.936. The summed E-state index contributed by atoms with van der Waals surface area (Å²) in [6, 6.07) is 2.85. The molecule has 0 N–H and O–H groups in total. The van der Waals surface area contributed by atoms with Crippen molar-refractivity contribution in [1.82, 2.24) is 0 Å². The van der Waals surface area contributed by atoms with Gasteiger partial charge >= 0.3 is 0 Å². The van der Waals surface area contributed by atoms with Crippen molar-refractivity contribution in [1.29, 1.82) is 0 Å². The molecule has 0 spiro atoms. The summed E-state index contributed by atoms with van der Waals surface area (Å²) in [5, 5.41) is 0. The van der Waals surface area contributed by atoms with Crippen molar-refractivity contribution in [3.63, 3.8) is 0 Å². The van der Waals surface area contributed by atoms with Gasteiger partial charge in [-0.25, -0.2) is 8.78 Å². The van der Waals surface area contributed by atoms with Crippen molar-refractivity contribution in [3.8, 4) is 0 Å². The molecule has 0 aliphatic rings. The van der Waals surface area contributed by atoms with E-state index in [1.165, 1.54) is 0 Å². The number of halogens is 3. The lowest BCUT2D eigenvalue weighted by Crippen LogP contribution is -2.03. The summed E-state index contributed by atoms with van der Waals surface area (Å²) in [7, 11) is 0. The molecule has 0 saturated heterocycles. The molecule has 13 heavy (non-hydrogen) atoms. The van der Waals surface area contributed by atoms with Crippen LogP contribution in [0.25, 0.3) is 0 Å². The molecule has 1 aromatic rings. The molecule has 0 radical (unpaired) electrons. The Morgan fingerprint density at radius 3 is 2.62 bits per heavy atom. The van der Waals surface area contributed by atoms with Crippen LogP contribution < -0.4 is 0 Å². The number of rotatable bonds is 3. The third-order valence-electron chi connectivity index (χ3n) is 1.55. The fraction of sp³-hybridized carbons (Fsp3) is 0.222. The third-order valence-corrected chi connectivity index (χ3v) is 1.74. The van der Waals surface area contributed by atoms with Crippen LogP contribution in [-0.2, 0) is 0 Å². The molecule has 1 nitrogen and oxygen atoms in total. The van der Waals surface area contributed by atoms with Crippen LogP contribution in [0.3, 0.4) is 0 Å². The Hall–Kier alpha value is -0.960. The monoisotopic (exact) mass is 204 g/mol. The summed E-state index contributed by atoms with van der Waals surface area (Å²) in [6.45, 7) is 0. The van der Waals surface area contributed by atoms with Crippen molar-refractivity contribution >= 4 is 17.4 Å². The number of benzene rings is 1. The Bertz CT molecular complexity index is 325. The summed E-state index contributed by atoms with van der Waals surface area (Å²) >= 11 is 5.31. The van der Waals surface area contributed by atoms with E-state index in [2.05, 4.69) is 0 Å². The highest BCUT2D eigenvalue weighted by Gasteiger charge is 2.11. The third kappa shape index (κ3) is 2.49. The average Bonchev–Trinajstić information content (AvgIpc) is 2.04. The molecule has 1 aromatic carbocycles. The first-order chi connectivity index (χ1) is 6.15. The molecule has 0 heterocycles. The lowest BCUT2D eigenvalue weighted by molar-refractivity contribution is 0.0985. The molecule has 1 rings (SSSR count). The Kier molecular flexibility index (Phi) is 3.37. The number of hydrogen-bond donors (Lipinski definition) is 0. The van der Waals surface area contributed by atoms with Gasteiger partial charge in [0.05, 0.1) is 5.56 Å². The minimum absolute atomic E-state index is 0.0596. The Morgan fingerprint density at radius 1 is 1.38 bits per heavy atom. The van der Waals surface area contributed by atoms with Gasteiger partial charge in [-0.3, -0.25) is 4.79 Å². The first-order valence-electron chi connectivity index (χ1n) is 3.69. The van der Waals surface area contributed by atoms with Gasteiger partial charge in [0.2, 0.25) is 0 Å². The van der Waals surface area contributed by atoms with Crippen LogP contribution in [0, 0.1) is 11.6 Å². The van der Waals surface area contributed by atoms with Crippen molar-refractivity contribution in [2.24, 2.45) is 0 Å². The van der Waals surface area contributed by atoms with E-state index >= 15 is 0 Å². The van der Waals surface area contributed by atoms with E-state index in [0.29, 0.717) is 6.07 Å². The zero-order valence-electron chi connectivity index (χ0n) is 6.69. The highest BCUT2D eigenvalue weighted by molar-refractivity contribution is 6.19. The second-order valence-electron chi connectivity index (χ2n) is 2.49. The van der Waals surface area contributed by atoms with Crippen LogP contribution in [0.2, 0.25) is 0 Å². The van der Waals surface area contributed by atoms with Crippen LogP contribution in [0.4, 0.5) is 8.78 Å². The van der Waals surface area contributed by atoms with Crippen LogP contribution >= 0.6 is 11.6 Å². The highest BCUT2D eigenvalue weighted by atomic mass is 35.5. The van der Waals surface area contributed by atoms with E-state index in [1.807, 2.05) is 0 Å². The largest absolute Gasteiger partial charge is 0.294 e. The lowest BCUT2D eigenvalue weighted by atomic mass is 10.1. The predicted octanol–water partition coefficient (Wildman–Crippen LogP) is 2.78. The van der Waals surface area contributed by atoms with E-state index in [-0.39, 0.29) is 17.9 Å². The van der Waals surface area contributed by atoms with E-state index in [0.717, 1.165) is 12.1 Å². The molecular weight excluding hydrogens is 198 g/mol. The molecule has 0 amide bonds. The summed E-state index contributed by atoms with van der Waals surface area (Å²) in [5.41, 5.74) is -0.109. The van der Waals surface area contributed by atoms with Gasteiger partial charge in [-0.2, -0.15) is 0 Å². The number of alkyl halides is 1. The smallest absolute Gasteiger partial charge is 0.167 e. The average molecular weight is 205 g/mol. The van der Waals surface area contributed by atoms with E-state index in [1.54, 1.807) is 0 Å². The minimum atomic E-state index is -0.838. The maximum atomic E-state index is 12.9. The zero-order valence-corrected chi connectivity index (χ0v) is 7.44. The molecule has 0 aromatic heterocycles. The molecule has 0 aliphatic carbocycles. The van der Waals surface area contributed by atoms with Crippen molar-refractivity contribution in [3.05, 3.63) is 35.4 Å². The first kappa shape index (κ1) is 10.1. The molecule has 0 fully saturated rings. The number of carbonyl (C=O) groups is 1. The van der Waals surface area contributed by atoms with Gasteiger partial charge < -0.3 is 0 Å². The summed E-state index contributed by atoms with van der Waals surface area (Å²) in [4.78, 5) is 11.1. The fourth-order valence-corrected chi connectivity index (χ4v) is 1.11. The topological polar surface area (TPSA) is 17.1 Å². The van der Waals surface area contributed by atoms with Gasteiger partial charge in [0, 0.05) is 18.4 Å². The number of carbonyl (C=O) groups excluding carboxylic acids is 1. The molecule has 70 valence electrons. The first-order valence-corrected chi connectivity index (χ1v) is 4.23. The SMILES string of the molecule is O=C(CCCl)c1ccc(F)cc1F. The van der Waals surface area contributed by atoms with Crippen LogP contribution in [0.15, 0.2) is 18.2 Å². The van der Waals surface area contributed by atoms with Gasteiger partial charge in [0.25, 0.3) is 0 Å². The normalized spacial score (nSPS) is 10.1. The second-order valence-corrected chi connectivity index (χ2v) is 2.86. The van der Waals surface area contributed by atoms with Crippen molar-refractivity contribution in [2.75, 3.05) is 5.88 Å². The van der Waals surface area contributed by atoms with Crippen molar-refractivity contribution < 1.29 is 13.6 Å². The molecule has 0 atom stereocenters. The summed E-state index contributed by atoms with van der Waals surface area (Å²) in [5.74, 6) is -1.81.